The molecule has 1 aliphatic heterocycles. The van der Waals surface area contributed by atoms with Gasteiger partial charge in [0, 0.05) is 13.1 Å². The van der Waals surface area contributed by atoms with Crippen molar-refractivity contribution in [2.24, 2.45) is 5.92 Å². The van der Waals surface area contributed by atoms with Crippen LogP contribution in [0.3, 0.4) is 0 Å². The molecule has 0 spiro atoms. The van der Waals surface area contributed by atoms with E-state index in [1.807, 2.05) is 26.0 Å². The van der Waals surface area contributed by atoms with Crippen molar-refractivity contribution >= 4 is 10.0 Å². The normalized spacial score (nSPS) is 22.1. The average molecular weight is 267 g/mol. The van der Waals surface area contributed by atoms with Crippen molar-refractivity contribution in [3.8, 4) is 0 Å². The van der Waals surface area contributed by atoms with Gasteiger partial charge >= 0.3 is 0 Å². The largest absolute Gasteiger partial charge is 0.243 e. The van der Waals surface area contributed by atoms with Crippen molar-refractivity contribution in [3.63, 3.8) is 0 Å². The number of piperidine rings is 1. The fraction of sp³-hybridized carbons (Fsp3) is 0.571. The van der Waals surface area contributed by atoms with Gasteiger partial charge in [0.2, 0.25) is 10.0 Å². The third-order valence-corrected chi connectivity index (χ3v) is 5.59. The van der Waals surface area contributed by atoms with Gasteiger partial charge in [-0.15, -0.1) is 0 Å². The molecular weight excluding hydrogens is 246 g/mol. The van der Waals surface area contributed by atoms with Crippen molar-refractivity contribution in [1.29, 1.82) is 0 Å². The number of hydrogen-bond acceptors (Lipinski definition) is 2. The predicted octanol–water partition coefficient (Wildman–Crippen LogP) is 2.72. The molecule has 0 aliphatic carbocycles. The Morgan fingerprint density at radius 2 is 2.00 bits per heavy atom. The maximum Gasteiger partial charge on any atom is 0.243 e. The number of benzene rings is 1. The van der Waals surface area contributed by atoms with E-state index in [0.717, 1.165) is 24.0 Å². The Morgan fingerprint density at radius 1 is 1.28 bits per heavy atom. The van der Waals surface area contributed by atoms with Crippen LogP contribution < -0.4 is 0 Å². The van der Waals surface area contributed by atoms with Gasteiger partial charge in [0.1, 0.15) is 0 Å². The maximum atomic E-state index is 12.6. The number of aryl methyl sites for hydroxylation is 2. The van der Waals surface area contributed by atoms with Crippen LogP contribution in [0.4, 0.5) is 0 Å². The van der Waals surface area contributed by atoms with Crippen LogP contribution in [0, 0.1) is 19.8 Å². The smallest absolute Gasteiger partial charge is 0.207 e. The molecule has 1 aromatic rings. The van der Waals surface area contributed by atoms with Crippen LogP contribution in [0.25, 0.3) is 0 Å². The molecule has 1 aliphatic rings. The van der Waals surface area contributed by atoms with Crippen LogP contribution in [-0.4, -0.2) is 25.8 Å². The van der Waals surface area contributed by atoms with Crippen LogP contribution in [0.15, 0.2) is 23.1 Å². The van der Waals surface area contributed by atoms with E-state index < -0.39 is 10.0 Å². The van der Waals surface area contributed by atoms with E-state index in [4.69, 9.17) is 0 Å². The van der Waals surface area contributed by atoms with Gasteiger partial charge in [-0.1, -0.05) is 19.1 Å². The van der Waals surface area contributed by atoms with E-state index in [1.54, 1.807) is 10.4 Å². The molecule has 1 unspecified atom stereocenters. The summed E-state index contributed by atoms with van der Waals surface area (Å²) < 4.78 is 26.9. The molecule has 1 aromatic carbocycles. The van der Waals surface area contributed by atoms with E-state index >= 15 is 0 Å². The molecule has 1 atom stereocenters. The fourth-order valence-corrected chi connectivity index (χ4v) is 4.40. The fourth-order valence-electron chi connectivity index (χ4n) is 2.49. The molecule has 1 fully saturated rings. The molecule has 100 valence electrons. The molecule has 1 saturated heterocycles. The van der Waals surface area contributed by atoms with Gasteiger partial charge in [-0.05, 0) is 49.8 Å². The molecule has 0 aromatic heterocycles. The van der Waals surface area contributed by atoms with Gasteiger partial charge in [0.15, 0.2) is 0 Å². The minimum atomic E-state index is -3.31. The van der Waals surface area contributed by atoms with Crippen LogP contribution >= 0.6 is 0 Å². The third-order valence-electron chi connectivity index (χ3n) is 3.58. The summed E-state index contributed by atoms with van der Waals surface area (Å²) >= 11 is 0. The van der Waals surface area contributed by atoms with E-state index in [-0.39, 0.29) is 0 Å². The summed E-state index contributed by atoms with van der Waals surface area (Å²) in [6, 6.07) is 5.62. The van der Waals surface area contributed by atoms with Gasteiger partial charge in [-0.2, -0.15) is 4.31 Å². The van der Waals surface area contributed by atoms with Gasteiger partial charge in [0.05, 0.1) is 4.90 Å². The second-order valence-electron chi connectivity index (χ2n) is 5.38. The monoisotopic (exact) mass is 267 g/mol. The van der Waals surface area contributed by atoms with Crippen LogP contribution in [0.2, 0.25) is 0 Å². The Bertz CT molecular complexity index is 537. The number of nitrogens with zero attached hydrogens (tertiary/aromatic N) is 1. The zero-order valence-corrected chi connectivity index (χ0v) is 12.1. The summed E-state index contributed by atoms with van der Waals surface area (Å²) in [5, 5.41) is 0. The number of sulfonamides is 1. The lowest BCUT2D eigenvalue weighted by molar-refractivity contribution is 0.281. The zero-order chi connectivity index (χ0) is 13.3. The van der Waals surface area contributed by atoms with Crippen molar-refractivity contribution in [1.82, 2.24) is 4.31 Å². The summed E-state index contributed by atoms with van der Waals surface area (Å²) in [7, 11) is -3.31. The van der Waals surface area contributed by atoms with E-state index in [1.165, 1.54) is 0 Å². The first-order valence-corrected chi connectivity index (χ1v) is 7.92. The second kappa shape index (κ2) is 5.02. The van der Waals surface area contributed by atoms with Crippen molar-refractivity contribution < 1.29 is 8.42 Å². The molecule has 0 amide bonds. The molecule has 18 heavy (non-hydrogen) atoms. The molecular formula is C14H21NO2S. The molecule has 0 N–H and O–H groups in total. The highest BCUT2D eigenvalue weighted by molar-refractivity contribution is 7.89. The first-order valence-electron chi connectivity index (χ1n) is 6.48. The first-order chi connectivity index (χ1) is 8.41. The Balaban J connectivity index is 2.38. The minimum Gasteiger partial charge on any atom is -0.207 e. The summed E-state index contributed by atoms with van der Waals surface area (Å²) in [6.07, 6.45) is 2.09. The summed E-state index contributed by atoms with van der Waals surface area (Å²) in [4.78, 5) is 0.469. The lowest BCUT2D eigenvalue weighted by atomic mass is 10.0. The third kappa shape index (κ3) is 2.59. The molecule has 2 rings (SSSR count). The Hall–Kier alpha value is -0.870. The highest BCUT2D eigenvalue weighted by atomic mass is 32.2. The van der Waals surface area contributed by atoms with Gasteiger partial charge < -0.3 is 0 Å². The Labute approximate surface area is 110 Å². The molecule has 1 heterocycles. The second-order valence-corrected chi connectivity index (χ2v) is 7.29. The molecule has 0 radical (unpaired) electrons. The van der Waals surface area contributed by atoms with Crippen molar-refractivity contribution in [3.05, 3.63) is 29.3 Å². The maximum absolute atomic E-state index is 12.6. The topological polar surface area (TPSA) is 37.4 Å². The molecule has 0 bridgehead atoms. The average Bonchev–Trinajstić information content (AvgIpc) is 2.32. The van der Waals surface area contributed by atoms with E-state index in [0.29, 0.717) is 23.9 Å². The number of rotatable bonds is 2. The van der Waals surface area contributed by atoms with Gasteiger partial charge in [-0.3, -0.25) is 0 Å². The summed E-state index contributed by atoms with van der Waals surface area (Å²) in [6.45, 7) is 7.21. The summed E-state index contributed by atoms with van der Waals surface area (Å²) in [5.41, 5.74) is 1.82. The van der Waals surface area contributed by atoms with Crippen molar-refractivity contribution in [2.45, 2.75) is 38.5 Å². The predicted molar refractivity (Wildman–Crippen MR) is 73.1 cm³/mol. The Morgan fingerprint density at radius 3 is 2.67 bits per heavy atom. The molecule has 0 saturated carbocycles. The van der Waals surface area contributed by atoms with Gasteiger partial charge in [-0.25, -0.2) is 8.42 Å². The SMILES string of the molecule is Cc1ccc(C)c(S(=O)(=O)N2CCCC(C)C2)c1. The summed E-state index contributed by atoms with van der Waals surface area (Å²) in [5.74, 6) is 0.457. The van der Waals surface area contributed by atoms with Crippen LogP contribution in [0.5, 0.6) is 0 Å². The standard InChI is InChI=1S/C14H21NO2S/c1-11-6-7-13(3)14(9-11)18(16,17)15-8-4-5-12(2)10-15/h6-7,9,12H,4-5,8,10H2,1-3H3. The highest BCUT2D eigenvalue weighted by Crippen LogP contribution is 2.25. The zero-order valence-electron chi connectivity index (χ0n) is 11.3. The highest BCUT2D eigenvalue weighted by Gasteiger charge is 2.29. The van der Waals surface area contributed by atoms with Crippen LogP contribution in [0.1, 0.15) is 30.9 Å². The molecule has 3 nitrogen and oxygen atoms in total. The van der Waals surface area contributed by atoms with Crippen LogP contribution in [-0.2, 0) is 10.0 Å². The minimum absolute atomic E-state index is 0.457. The van der Waals surface area contributed by atoms with Crippen molar-refractivity contribution in [2.75, 3.05) is 13.1 Å². The lowest BCUT2D eigenvalue weighted by Gasteiger charge is -2.30. The van der Waals surface area contributed by atoms with E-state index in [2.05, 4.69) is 6.92 Å². The first kappa shape index (κ1) is 13.6. The lowest BCUT2D eigenvalue weighted by Crippen LogP contribution is -2.39. The quantitative estimate of drug-likeness (QED) is 0.826. The Kier molecular flexibility index (Phi) is 3.78. The van der Waals surface area contributed by atoms with Gasteiger partial charge in [0.25, 0.3) is 0 Å². The van der Waals surface area contributed by atoms with E-state index in [9.17, 15) is 8.42 Å². The molecule has 4 heteroatoms. The number of hydrogen-bond donors (Lipinski definition) is 0.